The van der Waals surface area contributed by atoms with Crippen molar-refractivity contribution in [1.29, 1.82) is 0 Å². The van der Waals surface area contributed by atoms with Gasteiger partial charge >= 0.3 is 0 Å². The lowest BCUT2D eigenvalue weighted by Gasteiger charge is -2.08. The molecule has 1 N–H and O–H groups in total. The maximum absolute atomic E-state index is 6.15. The zero-order valence-electron chi connectivity index (χ0n) is 14.4. The Kier molecular flexibility index (Phi) is 4.57. The minimum Gasteiger partial charge on any atom is -0.364 e. The van der Waals surface area contributed by atoms with E-state index in [1.807, 2.05) is 16.6 Å². The molecule has 1 aliphatic carbocycles. The Labute approximate surface area is 152 Å². The topological polar surface area (TPSA) is 55.1 Å². The van der Waals surface area contributed by atoms with Crippen LogP contribution in [0.3, 0.4) is 0 Å². The van der Waals surface area contributed by atoms with Crippen molar-refractivity contribution in [3.05, 3.63) is 52.7 Å². The number of pyridine rings is 1. The second-order valence-corrected chi connectivity index (χ2v) is 7.16. The van der Waals surface area contributed by atoms with E-state index in [0.29, 0.717) is 6.54 Å². The third kappa shape index (κ3) is 3.76. The quantitative estimate of drug-likeness (QED) is 0.681. The molecule has 5 nitrogen and oxygen atoms in total. The molecule has 0 radical (unpaired) electrons. The van der Waals surface area contributed by atoms with E-state index in [9.17, 15) is 0 Å². The van der Waals surface area contributed by atoms with Crippen LogP contribution >= 0.6 is 11.6 Å². The second-order valence-electron chi connectivity index (χ2n) is 6.83. The van der Waals surface area contributed by atoms with Gasteiger partial charge in [0.05, 0.1) is 0 Å². The number of hydrogen-bond acceptors (Lipinski definition) is 4. The first kappa shape index (κ1) is 16.3. The van der Waals surface area contributed by atoms with E-state index in [1.54, 1.807) is 12.4 Å². The van der Waals surface area contributed by atoms with Gasteiger partial charge in [-0.2, -0.15) is 4.98 Å². The van der Waals surface area contributed by atoms with Crippen LogP contribution in [0.1, 0.15) is 42.5 Å². The van der Waals surface area contributed by atoms with Crippen LogP contribution in [0, 0.1) is 12.8 Å². The zero-order chi connectivity index (χ0) is 17.2. The Morgan fingerprint density at radius 1 is 1.28 bits per heavy atom. The molecule has 6 heteroatoms. The number of rotatable bonds is 7. The molecule has 0 aromatic carbocycles. The summed E-state index contributed by atoms with van der Waals surface area (Å²) in [6.07, 6.45) is 10.1. The fraction of sp³-hybridized carbons (Fsp3) is 0.421. The van der Waals surface area contributed by atoms with Crippen LogP contribution < -0.4 is 5.32 Å². The molecule has 4 rings (SSSR count). The summed E-state index contributed by atoms with van der Waals surface area (Å²) in [5, 5.41) is 8.03. The smallest absolute Gasteiger partial charge is 0.243 e. The lowest BCUT2D eigenvalue weighted by atomic mass is 10.1. The van der Waals surface area contributed by atoms with Gasteiger partial charge in [-0.15, -0.1) is 5.10 Å². The van der Waals surface area contributed by atoms with E-state index in [0.717, 1.165) is 34.9 Å². The number of fused-ring (bicyclic) bond motifs is 1. The van der Waals surface area contributed by atoms with Gasteiger partial charge in [-0.25, -0.2) is 4.52 Å². The normalized spacial score (nSPS) is 14.2. The summed E-state index contributed by atoms with van der Waals surface area (Å²) in [6.45, 7) is 2.78. The van der Waals surface area contributed by atoms with Gasteiger partial charge < -0.3 is 5.32 Å². The van der Waals surface area contributed by atoms with E-state index in [4.69, 9.17) is 11.6 Å². The highest BCUT2D eigenvalue weighted by Crippen LogP contribution is 2.34. The maximum Gasteiger partial charge on any atom is 0.243 e. The molecule has 1 saturated carbocycles. The number of anilines is 1. The Hall–Kier alpha value is -2.14. The monoisotopic (exact) mass is 355 g/mol. The molecular formula is C19H22ClN5. The average Bonchev–Trinajstić information content (AvgIpc) is 3.39. The lowest BCUT2D eigenvalue weighted by Crippen LogP contribution is -2.06. The van der Waals surface area contributed by atoms with Gasteiger partial charge in [0.2, 0.25) is 5.28 Å². The van der Waals surface area contributed by atoms with Crippen molar-refractivity contribution in [1.82, 2.24) is 19.6 Å². The SMILES string of the molecule is Cc1c(CCCC2CC2)cc2c(NCc3ccncc3)nc(Cl)nn12. The molecule has 1 aliphatic rings. The number of aryl methyl sites for hydroxylation is 2. The summed E-state index contributed by atoms with van der Waals surface area (Å²) in [7, 11) is 0. The summed E-state index contributed by atoms with van der Waals surface area (Å²) >= 11 is 6.15. The number of hydrogen-bond donors (Lipinski definition) is 1. The van der Waals surface area contributed by atoms with Gasteiger partial charge in [-0.1, -0.05) is 19.3 Å². The van der Waals surface area contributed by atoms with Gasteiger partial charge in [-0.3, -0.25) is 4.98 Å². The number of halogens is 1. The Bertz CT molecular complexity index is 870. The van der Waals surface area contributed by atoms with Gasteiger partial charge in [0.25, 0.3) is 0 Å². The molecule has 0 amide bonds. The van der Waals surface area contributed by atoms with E-state index in [-0.39, 0.29) is 5.28 Å². The van der Waals surface area contributed by atoms with Crippen molar-refractivity contribution in [2.45, 2.75) is 45.6 Å². The molecule has 3 aromatic heterocycles. The van der Waals surface area contributed by atoms with Crippen molar-refractivity contribution >= 4 is 22.9 Å². The van der Waals surface area contributed by atoms with Crippen molar-refractivity contribution in [2.24, 2.45) is 5.92 Å². The highest BCUT2D eigenvalue weighted by Gasteiger charge is 2.21. The first-order valence-corrected chi connectivity index (χ1v) is 9.26. The van der Waals surface area contributed by atoms with Crippen molar-refractivity contribution in [3.63, 3.8) is 0 Å². The highest BCUT2D eigenvalue weighted by atomic mass is 35.5. The largest absolute Gasteiger partial charge is 0.364 e. The zero-order valence-corrected chi connectivity index (χ0v) is 15.1. The van der Waals surface area contributed by atoms with Crippen LogP contribution in [0.25, 0.3) is 5.52 Å². The highest BCUT2D eigenvalue weighted by molar-refractivity contribution is 6.28. The Balaban J connectivity index is 1.57. The molecule has 0 unspecified atom stereocenters. The standard InChI is InChI=1S/C19H22ClN5/c1-13-16(4-2-3-14-5-6-14)11-17-18(23-19(20)24-25(13)17)22-12-15-7-9-21-10-8-15/h7-11,14H,2-6,12H2,1H3,(H,22,23,24). The third-order valence-corrected chi connectivity index (χ3v) is 5.08. The summed E-state index contributed by atoms with van der Waals surface area (Å²) in [4.78, 5) is 8.44. The predicted octanol–water partition coefficient (Wildman–Crippen LogP) is 4.43. The van der Waals surface area contributed by atoms with Crippen molar-refractivity contribution < 1.29 is 0 Å². The van der Waals surface area contributed by atoms with Crippen LogP contribution in [-0.2, 0) is 13.0 Å². The molecule has 0 spiro atoms. The van der Waals surface area contributed by atoms with Crippen molar-refractivity contribution in [2.75, 3.05) is 5.32 Å². The first-order valence-electron chi connectivity index (χ1n) is 8.88. The predicted molar refractivity (Wildman–Crippen MR) is 100.0 cm³/mol. The van der Waals surface area contributed by atoms with Gasteiger partial charge in [0.15, 0.2) is 5.82 Å². The number of nitrogens with zero attached hydrogens (tertiary/aromatic N) is 4. The summed E-state index contributed by atoms with van der Waals surface area (Å²) < 4.78 is 1.91. The number of aromatic nitrogens is 4. The maximum atomic E-state index is 6.15. The summed E-state index contributed by atoms with van der Waals surface area (Å²) in [6, 6.07) is 6.17. The van der Waals surface area contributed by atoms with Crippen LogP contribution in [0.15, 0.2) is 30.6 Å². The first-order chi connectivity index (χ1) is 12.2. The fourth-order valence-electron chi connectivity index (χ4n) is 3.26. The van der Waals surface area contributed by atoms with Crippen LogP contribution in [-0.4, -0.2) is 19.6 Å². The molecule has 130 valence electrons. The molecule has 0 saturated heterocycles. The molecule has 3 aromatic rings. The molecule has 1 fully saturated rings. The second kappa shape index (κ2) is 7.00. The Morgan fingerprint density at radius 3 is 2.84 bits per heavy atom. The van der Waals surface area contributed by atoms with Crippen LogP contribution in [0.4, 0.5) is 5.82 Å². The third-order valence-electron chi connectivity index (χ3n) is 4.92. The van der Waals surface area contributed by atoms with E-state index >= 15 is 0 Å². The van der Waals surface area contributed by atoms with Gasteiger partial charge in [0, 0.05) is 24.6 Å². The Morgan fingerprint density at radius 2 is 2.08 bits per heavy atom. The van der Waals surface area contributed by atoms with Gasteiger partial charge in [0.1, 0.15) is 5.52 Å². The molecule has 0 bridgehead atoms. The van der Waals surface area contributed by atoms with E-state index in [1.165, 1.54) is 31.2 Å². The molecule has 0 atom stereocenters. The van der Waals surface area contributed by atoms with E-state index in [2.05, 4.69) is 33.4 Å². The molecular weight excluding hydrogens is 334 g/mol. The van der Waals surface area contributed by atoms with Gasteiger partial charge in [-0.05, 0) is 66.6 Å². The van der Waals surface area contributed by atoms with Crippen molar-refractivity contribution in [3.8, 4) is 0 Å². The van der Waals surface area contributed by atoms with Crippen LogP contribution in [0.5, 0.6) is 0 Å². The van der Waals surface area contributed by atoms with Crippen LogP contribution in [0.2, 0.25) is 5.28 Å². The summed E-state index contributed by atoms with van der Waals surface area (Å²) in [5.41, 5.74) is 4.62. The molecule has 25 heavy (non-hydrogen) atoms. The lowest BCUT2D eigenvalue weighted by molar-refractivity contribution is 0.664. The fourth-order valence-corrected chi connectivity index (χ4v) is 3.42. The molecule has 3 heterocycles. The molecule has 0 aliphatic heterocycles. The minimum atomic E-state index is 0.257. The summed E-state index contributed by atoms with van der Waals surface area (Å²) in [5.74, 6) is 1.75. The average molecular weight is 356 g/mol. The number of nitrogens with one attached hydrogen (secondary N) is 1. The minimum absolute atomic E-state index is 0.257. The van der Waals surface area contributed by atoms with E-state index < -0.39 is 0 Å².